The molecule has 2 amide bonds. The van der Waals surface area contributed by atoms with Crippen molar-refractivity contribution in [3.05, 3.63) is 28.9 Å². The summed E-state index contributed by atoms with van der Waals surface area (Å²) in [4.78, 5) is 41.0. The molecular weight excluding hydrogens is 444 g/mol. The standard InChI is InChI=1S/C24H27ClN4O4/c1-33-21-5-4-18-17(22(21)25)11-19(29-18)20(30)10-15(8-13-2-3-13)24(32)28-16(12-26)9-14-6-7-27-23(14)31/h4-5,11,13-16,29H,2-3,6-10H2,1H3,(H,27,31)(H,28,32)/t14-,15+,16-/m0/s1. The van der Waals surface area contributed by atoms with Crippen LogP contribution in [0.15, 0.2) is 18.2 Å². The summed E-state index contributed by atoms with van der Waals surface area (Å²) >= 11 is 6.37. The van der Waals surface area contributed by atoms with Crippen molar-refractivity contribution in [1.82, 2.24) is 15.6 Å². The second-order valence-corrected chi connectivity index (χ2v) is 9.31. The second-order valence-electron chi connectivity index (χ2n) is 8.93. The molecule has 0 unspecified atom stereocenters. The molecule has 2 fully saturated rings. The highest BCUT2D eigenvalue weighted by Gasteiger charge is 2.34. The van der Waals surface area contributed by atoms with Gasteiger partial charge in [-0.15, -0.1) is 0 Å². The lowest BCUT2D eigenvalue weighted by molar-refractivity contribution is -0.127. The van der Waals surface area contributed by atoms with E-state index in [4.69, 9.17) is 16.3 Å². The van der Waals surface area contributed by atoms with Crippen LogP contribution in [0, 0.1) is 29.1 Å². The Balaban J connectivity index is 1.45. The highest BCUT2D eigenvalue weighted by atomic mass is 35.5. The van der Waals surface area contributed by atoms with Gasteiger partial charge in [0, 0.05) is 35.7 Å². The van der Waals surface area contributed by atoms with Crippen molar-refractivity contribution in [2.75, 3.05) is 13.7 Å². The summed E-state index contributed by atoms with van der Waals surface area (Å²) in [5.74, 6) is -0.436. The first-order chi connectivity index (χ1) is 15.9. The van der Waals surface area contributed by atoms with Gasteiger partial charge >= 0.3 is 0 Å². The van der Waals surface area contributed by atoms with E-state index in [0.717, 1.165) is 12.8 Å². The highest BCUT2D eigenvalue weighted by molar-refractivity contribution is 6.37. The van der Waals surface area contributed by atoms with Gasteiger partial charge in [-0.25, -0.2) is 0 Å². The van der Waals surface area contributed by atoms with Gasteiger partial charge in [0.25, 0.3) is 0 Å². The Kier molecular flexibility index (Phi) is 6.89. The molecule has 9 heteroatoms. The molecule has 174 valence electrons. The number of fused-ring (bicyclic) bond motifs is 1. The summed E-state index contributed by atoms with van der Waals surface area (Å²) < 4.78 is 5.24. The summed E-state index contributed by atoms with van der Waals surface area (Å²) in [6.07, 6.45) is 3.67. The van der Waals surface area contributed by atoms with Gasteiger partial charge in [-0.05, 0) is 43.4 Å². The zero-order valence-corrected chi connectivity index (χ0v) is 19.2. The van der Waals surface area contributed by atoms with E-state index in [1.54, 1.807) is 18.2 Å². The van der Waals surface area contributed by atoms with Crippen LogP contribution in [-0.2, 0) is 9.59 Å². The van der Waals surface area contributed by atoms with Crippen LogP contribution in [0.3, 0.4) is 0 Å². The van der Waals surface area contributed by atoms with Crippen LogP contribution in [0.2, 0.25) is 5.02 Å². The maximum atomic E-state index is 13.1. The summed E-state index contributed by atoms with van der Waals surface area (Å²) in [5, 5.41) is 16.1. The fraction of sp³-hybridized carbons (Fsp3) is 0.500. The normalized spacial score (nSPS) is 19.5. The van der Waals surface area contributed by atoms with Crippen LogP contribution in [0.25, 0.3) is 10.9 Å². The molecule has 3 atom stereocenters. The smallest absolute Gasteiger partial charge is 0.224 e. The van der Waals surface area contributed by atoms with Crippen molar-refractivity contribution in [3.8, 4) is 11.8 Å². The SMILES string of the molecule is COc1ccc2[nH]c(C(=O)C[C@@H](CC3CC3)C(=O)N[C@H](C#N)C[C@@H]3CCNC3=O)cc2c1Cl. The molecule has 1 saturated heterocycles. The van der Waals surface area contributed by atoms with Crippen LogP contribution in [0.4, 0.5) is 0 Å². The number of hydrogen-bond acceptors (Lipinski definition) is 5. The van der Waals surface area contributed by atoms with E-state index in [9.17, 15) is 19.6 Å². The van der Waals surface area contributed by atoms with Gasteiger partial charge < -0.3 is 20.4 Å². The lowest BCUT2D eigenvalue weighted by atomic mass is 9.93. The topological polar surface area (TPSA) is 124 Å². The number of halogens is 1. The van der Waals surface area contributed by atoms with E-state index in [1.807, 2.05) is 0 Å². The van der Waals surface area contributed by atoms with Crippen molar-refractivity contribution in [2.24, 2.45) is 17.8 Å². The van der Waals surface area contributed by atoms with Crippen LogP contribution in [-0.4, -0.2) is 42.3 Å². The van der Waals surface area contributed by atoms with Crippen molar-refractivity contribution in [1.29, 1.82) is 5.26 Å². The summed E-state index contributed by atoms with van der Waals surface area (Å²) in [5.41, 5.74) is 1.10. The van der Waals surface area contributed by atoms with Crippen LogP contribution in [0.1, 0.15) is 49.0 Å². The number of nitrogens with zero attached hydrogens (tertiary/aromatic N) is 1. The summed E-state index contributed by atoms with van der Waals surface area (Å²) in [6, 6.07) is 6.54. The number of aromatic amines is 1. The van der Waals surface area contributed by atoms with E-state index in [-0.39, 0.29) is 36.4 Å². The van der Waals surface area contributed by atoms with Gasteiger partial charge in [-0.1, -0.05) is 24.4 Å². The lowest BCUT2D eigenvalue weighted by Crippen LogP contribution is -2.40. The Bertz CT molecular complexity index is 1120. The van der Waals surface area contributed by atoms with E-state index >= 15 is 0 Å². The second kappa shape index (κ2) is 9.84. The molecule has 1 saturated carbocycles. The molecule has 2 aromatic rings. The number of ether oxygens (including phenoxy) is 1. The number of Topliss-reactive ketones (excluding diaryl/α,β-unsaturated/α-hetero) is 1. The Hall–Kier alpha value is -3.05. The molecular formula is C24H27ClN4O4. The van der Waals surface area contributed by atoms with Gasteiger partial charge in [0.1, 0.15) is 11.8 Å². The number of ketones is 1. The molecule has 1 aliphatic carbocycles. The fourth-order valence-corrected chi connectivity index (χ4v) is 4.71. The van der Waals surface area contributed by atoms with Crippen molar-refractivity contribution >= 4 is 40.1 Å². The number of carbonyl (C=O) groups is 3. The minimum absolute atomic E-state index is 0.0337. The number of hydrogen-bond donors (Lipinski definition) is 3. The number of benzene rings is 1. The van der Waals surface area contributed by atoms with Crippen LogP contribution < -0.4 is 15.4 Å². The molecule has 2 heterocycles. The molecule has 4 rings (SSSR count). The Morgan fingerprint density at radius 2 is 2.09 bits per heavy atom. The first-order valence-corrected chi connectivity index (χ1v) is 11.6. The number of amides is 2. The number of nitrogens with one attached hydrogen (secondary N) is 3. The first kappa shape index (κ1) is 23.1. The van der Waals surface area contributed by atoms with E-state index in [2.05, 4.69) is 21.7 Å². The molecule has 33 heavy (non-hydrogen) atoms. The monoisotopic (exact) mass is 470 g/mol. The molecule has 1 aliphatic heterocycles. The molecule has 8 nitrogen and oxygen atoms in total. The average Bonchev–Trinajstić information content (AvgIpc) is 3.36. The largest absolute Gasteiger partial charge is 0.495 e. The van der Waals surface area contributed by atoms with Gasteiger partial charge in [-0.3, -0.25) is 14.4 Å². The summed E-state index contributed by atoms with van der Waals surface area (Å²) in [7, 11) is 1.53. The zero-order valence-electron chi connectivity index (χ0n) is 18.4. The highest BCUT2D eigenvalue weighted by Crippen LogP contribution is 2.37. The third kappa shape index (κ3) is 5.31. The Morgan fingerprint density at radius 3 is 2.73 bits per heavy atom. The first-order valence-electron chi connectivity index (χ1n) is 11.3. The maximum Gasteiger partial charge on any atom is 0.224 e. The van der Waals surface area contributed by atoms with E-state index < -0.39 is 12.0 Å². The van der Waals surface area contributed by atoms with Crippen molar-refractivity contribution in [2.45, 2.75) is 44.6 Å². The van der Waals surface area contributed by atoms with Crippen molar-refractivity contribution < 1.29 is 19.1 Å². The summed E-state index contributed by atoms with van der Waals surface area (Å²) in [6.45, 7) is 0.592. The number of rotatable bonds is 10. The quantitative estimate of drug-likeness (QED) is 0.459. The van der Waals surface area contributed by atoms with E-state index in [1.165, 1.54) is 7.11 Å². The maximum absolute atomic E-state index is 13.1. The number of H-pyrrole nitrogens is 1. The number of aromatic nitrogens is 1. The van der Waals surface area contributed by atoms with Gasteiger partial charge in [0.15, 0.2) is 5.78 Å². The van der Waals surface area contributed by atoms with Crippen molar-refractivity contribution in [3.63, 3.8) is 0 Å². The molecule has 0 bridgehead atoms. The van der Waals surface area contributed by atoms with Crippen LogP contribution >= 0.6 is 11.6 Å². The molecule has 1 aromatic heterocycles. The van der Waals surface area contributed by atoms with E-state index in [0.29, 0.717) is 52.7 Å². The Labute approximate surface area is 197 Å². The number of methoxy groups -OCH3 is 1. The molecule has 0 radical (unpaired) electrons. The molecule has 2 aliphatic rings. The molecule has 0 spiro atoms. The fourth-order valence-electron chi connectivity index (χ4n) is 4.42. The Morgan fingerprint density at radius 1 is 1.30 bits per heavy atom. The van der Waals surface area contributed by atoms with Crippen LogP contribution in [0.5, 0.6) is 5.75 Å². The molecule has 3 N–H and O–H groups in total. The predicted molar refractivity (Wildman–Crippen MR) is 123 cm³/mol. The minimum atomic E-state index is -0.762. The minimum Gasteiger partial charge on any atom is -0.495 e. The average molecular weight is 471 g/mol. The molecule has 1 aromatic carbocycles. The predicted octanol–water partition coefficient (Wildman–Crippen LogP) is 3.35. The third-order valence-corrected chi connectivity index (χ3v) is 6.89. The third-order valence-electron chi connectivity index (χ3n) is 6.50. The number of nitriles is 1. The van der Waals surface area contributed by atoms with Gasteiger partial charge in [0.2, 0.25) is 11.8 Å². The van der Waals surface area contributed by atoms with Gasteiger partial charge in [0.05, 0.1) is 23.9 Å². The number of carbonyl (C=O) groups excluding carboxylic acids is 3. The van der Waals surface area contributed by atoms with Gasteiger partial charge in [-0.2, -0.15) is 5.26 Å². The zero-order chi connectivity index (χ0) is 23.5. The lowest BCUT2D eigenvalue weighted by Gasteiger charge is -2.19.